The van der Waals surface area contributed by atoms with E-state index in [1.165, 1.54) is 42.3 Å². The van der Waals surface area contributed by atoms with Crippen LogP contribution in [0.1, 0.15) is 16.7 Å². The van der Waals surface area contributed by atoms with E-state index in [4.69, 9.17) is 0 Å². The zero-order valence-electron chi connectivity index (χ0n) is 17.5. The van der Waals surface area contributed by atoms with E-state index in [-0.39, 0.29) is 10.6 Å². The molecule has 2 aromatic carbocycles. The molecule has 1 N–H and O–H groups in total. The van der Waals surface area contributed by atoms with Gasteiger partial charge in [0.15, 0.2) is 0 Å². The number of likely N-dealkylation sites (N-methyl/N-ethyl adjacent to an activating group) is 1. The maximum Gasteiger partial charge on any atom is 0.418 e. The number of alkyl halides is 3. The second-order valence-corrected chi connectivity index (χ2v) is 9.28. The molecule has 0 aliphatic carbocycles. The van der Waals surface area contributed by atoms with Gasteiger partial charge in [-0.3, -0.25) is 4.79 Å². The zero-order valence-corrected chi connectivity index (χ0v) is 18.3. The van der Waals surface area contributed by atoms with E-state index in [1.54, 1.807) is 19.1 Å². The molecule has 0 aliphatic heterocycles. The highest BCUT2D eigenvalue weighted by molar-refractivity contribution is 7.89. The number of amides is 1. The number of halogens is 3. The van der Waals surface area contributed by atoms with Gasteiger partial charge in [-0.15, -0.1) is 0 Å². The third-order valence-corrected chi connectivity index (χ3v) is 6.70. The van der Waals surface area contributed by atoms with Crippen LogP contribution in [0.4, 0.5) is 18.9 Å². The molecule has 32 heavy (non-hydrogen) atoms. The van der Waals surface area contributed by atoms with Gasteiger partial charge < -0.3 is 5.32 Å². The summed E-state index contributed by atoms with van der Waals surface area (Å²) in [4.78, 5) is 12.4. The molecule has 0 aliphatic rings. The molecule has 0 fully saturated rings. The monoisotopic (exact) mass is 466 g/mol. The smallest absolute Gasteiger partial charge is 0.324 e. The molecule has 0 unspecified atom stereocenters. The lowest BCUT2D eigenvalue weighted by Crippen LogP contribution is -2.35. The average Bonchev–Trinajstić information content (AvgIpc) is 3.24. The van der Waals surface area contributed by atoms with Crippen LogP contribution in [0.15, 0.2) is 59.8 Å². The summed E-state index contributed by atoms with van der Waals surface area (Å²) in [6.07, 6.45) is -1.84. The Morgan fingerprint density at radius 1 is 1.12 bits per heavy atom. The van der Waals surface area contributed by atoms with Gasteiger partial charge in [-0.05, 0) is 61.4 Å². The van der Waals surface area contributed by atoms with Crippen molar-refractivity contribution in [3.05, 3.63) is 71.5 Å². The Hall–Kier alpha value is -3.18. The van der Waals surface area contributed by atoms with Gasteiger partial charge in [0, 0.05) is 19.4 Å². The van der Waals surface area contributed by atoms with Crippen LogP contribution < -0.4 is 5.32 Å². The van der Waals surface area contributed by atoms with Crippen LogP contribution in [-0.4, -0.2) is 42.0 Å². The minimum atomic E-state index is -4.75. The number of carbonyl (C=O) groups is 1. The standard InChI is InChI=1S/C21H21F3N4O3S/c1-14-5-7-17(11-15(14)2)32(30,31)27(3)13-20(29)26-19-8-6-16(28-10-4-9-25-28)12-18(19)21(22,23)24/h4-12H,13H2,1-3H3,(H,26,29). The van der Waals surface area contributed by atoms with Crippen molar-refractivity contribution in [3.63, 3.8) is 0 Å². The SMILES string of the molecule is Cc1ccc(S(=O)(=O)N(C)CC(=O)Nc2ccc(-n3cccn3)cc2C(F)(F)F)cc1C. The van der Waals surface area contributed by atoms with Crippen LogP contribution in [0.2, 0.25) is 0 Å². The Bertz CT molecular complexity index is 1240. The van der Waals surface area contributed by atoms with Gasteiger partial charge in [0.2, 0.25) is 15.9 Å². The number of benzene rings is 2. The van der Waals surface area contributed by atoms with Gasteiger partial charge in [-0.2, -0.15) is 22.6 Å². The molecule has 170 valence electrons. The second-order valence-electron chi connectivity index (χ2n) is 7.23. The van der Waals surface area contributed by atoms with E-state index >= 15 is 0 Å². The molecular formula is C21H21F3N4O3S. The number of carbonyl (C=O) groups excluding carboxylic acids is 1. The lowest BCUT2D eigenvalue weighted by molar-refractivity contribution is -0.137. The van der Waals surface area contributed by atoms with Crippen molar-refractivity contribution in [1.29, 1.82) is 0 Å². The van der Waals surface area contributed by atoms with E-state index in [9.17, 15) is 26.4 Å². The molecule has 0 bridgehead atoms. The van der Waals surface area contributed by atoms with Crippen LogP contribution in [0.5, 0.6) is 0 Å². The maximum absolute atomic E-state index is 13.6. The fourth-order valence-corrected chi connectivity index (χ4v) is 4.18. The molecule has 1 aromatic heterocycles. The van der Waals surface area contributed by atoms with E-state index in [2.05, 4.69) is 10.4 Å². The number of aromatic nitrogens is 2. The molecule has 1 amide bonds. The summed E-state index contributed by atoms with van der Waals surface area (Å²) in [7, 11) is -2.81. The number of rotatable bonds is 6. The second kappa shape index (κ2) is 8.75. The Morgan fingerprint density at radius 2 is 1.84 bits per heavy atom. The number of sulfonamides is 1. The number of nitrogens with zero attached hydrogens (tertiary/aromatic N) is 3. The van der Waals surface area contributed by atoms with E-state index in [0.717, 1.165) is 27.6 Å². The van der Waals surface area contributed by atoms with Crippen molar-refractivity contribution < 1.29 is 26.4 Å². The Balaban J connectivity index is 1.81. The normalized spacial score (nSPS) is 12.2. The highest BCUT2D eigenvalue weighted by atomic mass is 32.2. The predicted octanol–water partition coefficient (Wildman–Crippen LogP) is 3.77. The van der Waals surface area contributed by atoms with Gasteiger partial charge >= 0.3 is 6.18 Å². The fourth-order valence-electron chi connectivity index (χ4n) is 2.97. The van der Waals surface area contributed by atoms with Gasteiger partial charge in [0.05, 0.1) is 28.4 Å². The molecule has 0 saturated carbocycles. The molecule has 0 saturated heterocycles. The van der Waals surface area contributed by atoms with Crippen LogP contribution in [-0.2, 0) is 21.0 Å². The first-order valence-electron chi connectivity index (χ1n) is 9.44. The first-order valence-corrected chi connectivity index (χ1v) is 10.9. The van der Waals surface area contributed by atoms with Gasteiger partial charge in [0.1, 0.15) is 0 Å². The summed E-state index contributed by atoms with van der Waals surface area (Å²) in [6.45, 7) is 2.93. The first-order chi connectivity index (χ1) is 14.9. The van der Waals surface area contributed by atoms with E-state index in [1.807, 2.05) is 6.92 Å². The van der Waals surface area contributed by atoms with Crippen LogP contribution in [0.25, 0.3) is 5.69 Å². The van der Waals surface area contributed by atoms with E-state index < -0.39 is 39.9 Å². The third-order valence-electron chi connectivity index (χ3n) is 4.90. The highest BCUT2D eigenvalue weighted by Gasteiger charge is 2.35. The lowest BCUT2D eigenvalue weighted by Gasteiger charge is -2.19. The minimum Gasteiger partial charge on any atom is -0.324 e. The number of anilines is 1. The zero-order chi connectivity index (χ0) is 23.7. The van der Waals surface area contributed by atoms with Gasteiger partial charge in [-0.25, -0.2) is 13.1 Å². The Labute approximate surface area is 183 Å². The summed E-state index contributed by atoms with van der Waals surface area (Å²) >= 11 is 0. The summed E-state index contributed by atoms with van der Waals surface area (Å²) in [6, 6.07) is 9.44. The molecule has 3 aromatic rings. The third kappa shape index (κ3) is 5.00. The quantitative estimate of drug-likeness (QED) is 0.600. The van der Waals surface area contributed by atoms with Crippen LogP contribution in [0, 0.1) is 13.8 Å². The molecule has 3 rings (SSSR count). The molecule has 0 radical (unpaired) electrons. The fraction of sp³-hybridized carbons (Fsp3) is 0.238. The average molecular weight is 466 g/mol. The molecule has 0 spiro atoms. The Kier molecular flexibility index (Phi) is 6.42. The van der Waals surface area contributed by atoms with Crippen LogP contribution >= 0.6 is 0 Å². The topological polar surface area (TPSA) is 84.3 Å². The summed E-state index contributed by atoms with van der Waals surface area (Å²) < 4.78 is 68.3. The molecular weight excluding hydrogens is 445 g/mol. The molecule has 11 heteroatoms. The highest BCUT2D eigenvalue weighted by Crippen LogP contribution is 2.36. The van der Waals surface area contributed by atoms with Crippen molar-refractivity contribution in [3.8, 4) is 5.69 Å². The Morgan fingerprint density at radius 3 is 2.44 bits per heavy atom. The summed E-state index contributed by atoms with van der Waals surface area (Å²) in [5.74, 6) is -0.905. The number of aryl methyl sites for hydroxylation is 2. The van der Waals surface area contributed by atoms with Gasteiger partial charge in [-0.1, -0.05) is 6.07 Å². The molecule has 0 atom stereocenters. The van der Waals surface area contributed by atoms with E-state index in [0.29, 0.717) is 0 Å². The molecule has 1 heterocycles. The summed E-state index contributed by atoms with van der Waals surface area (Å²) in [5.41, 5.74) is 0.280. The van der Waals surface area contributed by atoms with Crippen molar-refractivity contribution >= 4 is 21.6 Å². The summed E-state index contributed by atoms with van der Waals surface area (Å²) in [5, 5.41) is 6.07. The number of nitrogens with one attached hydrogen (secondary N) is 1. The van der Waals surface area contributed by atoms with Crippen LogP contribution in [0.3, 0.4) is 0 Å². The molecule has 7 nitrogen and oxygen atoms in total. The van der Waals surface area contributed by atoms with Gasteiger partial charge in [0.25, 0.3) is 0 Å². The largest absolute Gasteiger partial charge is 0.418 e. The predicted molar refractivity (Wildman–Crippen MR) is 113 cm³/mol. The lowest BCUT2D eigenvalue weighted by atomic mass is 10.1. The maximum atomic E-state index is 13.6. The van der Waals surface area contributed by atoms with Crippen molar-refractivity contribution in [1.82, 2.24) is 14.1 Å². The first kappa shape index (κ1) is 23.5. The number of hydrogen-bond donors (Lipinski definition) is 1. The minimum absolute atomic E-state index is 0.00421. The van der Waals surface area contributed by atoms with Crippen molar-refractivity contribution in [2.45, 2.75) is 24.9 Å². The van der Waals surface area contributed by atoms with Crippen molar-refractivity contribution in [2.24, 2.45) is 0 Å². The van der Waals surface area contributed by atoms with Crippen molar-refractivity contribution in [2.75, 3.05) is 18.9 Å². The number of hydrogen-bond acceptors (Lipinski definition) is 4.